The van der Waals surface area contributed by atoms with E-state index in [0.29, 0.717) is 19.5 Å². The number of phenolic OH excluding ortho intramolecular Hbond substituents is 2. The number of nitrogens with two attached hydrogens (primary N) is 1. The summed E-state index contributed by atoms with van der Waals surface area (Å²) in [5.74, 6) is -1.56. The van der Waals surface area contributed by atoms with Crippen molar-refractivity contribution in [2.24, 2.45) is 0 Å². The molecule has 0 bridgehead atoms. The molecule has 12 nitrogen and oxygen atoms in total. The van der Waals surface area contributed by atoms with E-state index in [-0.39, 0.29) is 53.8 Å². The first-order valence-corrected chi connectivity index (χ1v) is 11.6. The summed E-state index contributed by atoms with van der Waals surface area (Å²) < 4.78 is 0. The highest BCUT2D eigenvalue weighted by Crippen LogP contribution is 2.32. The zero-order valence-corrected chi connectivity index (χ0v) is 19.6. The monoisotopic (exact) mass is 502 g/mol. The third kappa shape index (κ3) is 5.50. The average molecular weight is 503 g/mol. The Morgan fingerprint density at radius 2 is 1.36 bits per heavy atom. The van der Waals surface area contributed by atoms with Crippen molar-refractivity contribution in [3.63, 3.8) is 0 Å². The summed E-state index contributed by atoms with van der Waals surface area (Å²) in [5, 5.41) is 48.6. The molecule has 0 saturated carbocycles. The number of phenols is 2. The first-order chi connectivity index (χ1) is 17.2. The Balaban J connectivity index is 0.000000202. The van der Waals surface area contributed by atoms with Crippen LogP contribution in [0.3, 0.4) is 0 Å². The van der Waals surface area contributed by atoms with Crippen molar-refractivity contribution in [1.82, 2.24) is 9.80 Å². The second-order valence-corrected chi connectivity index (χ2v) is 8.63. The molecule has 0 spiro atoms. The molecule has 2 saturated heterocycles. The van der Waals surface area contributed by atoms with E-state index in [2.05, 4.69) is 0 Å². The second-order valence-electron chi connectivity index (χ2n) is 8.63. The van der Waals surface area contributed by atoms with Gasteiger partial charge < -0.3 is 36.0 Å². The van der Waals surface area contributed by atoms with Crippen LogP contribution in [0, 0.1) is 10.1 Å². The van der Waals surface area contributed by atoms with Gasteiger partial charge in [0.05, 0.1) is 47.0 Å². The summed E-state index contributed by atoms with van der Waals surface area (Å²) in [5.41, 5.74) is 5.35. The van der Waals surface area contributed by atoms with Gasteiger partial charge in [-0.1, -0.05) is 12.1 Å². The number of carbonyl (C=O) groups is 2. The molecular weight excluding hydrogens is 472 g/mol. The lowest BCUT2D eigenvalue weighted by Crippen LogP contribution is -2.37. The number of rotatable bonds is 5. The lowest BCUT2D eigenvalue weighted by molar-refractivity contribution is -0.385. The number of aliphatic hydroxyl groups is 2. The van der Waals surface area contributed by atoms with Crippen molar-refractivity contribution >= 4 is 23.2 Å². The zero-order valence-electron chi connectivity index (χ0n) is 19.6. The van der Waals surface area contributed by atoms with E-state index in [9.17, 15) is 40.1 Å². The van der Waals surface area contributed by atoms with Crippen molar-refractivity contribution in [1.29, 1.82) is 0 Å². The van der Waals surface area contributed by atoms with Crippen molar-refractivity contribution in [2.75, 3.05) is 32.0 Å². The minimum absolute atomic E-state index is 0.0468. The number of hydrogen-bond donors (Lipinski definition) is 5. The standard InChI is InChI=1S/C12H14N2O5.C12H16N2O3/c15-7-8-3-2-6-13(8)12(17)9-4-1-5-10(11(9)16)14(18)19;13-10-5-1-4-9(11(10)16)12(17)14-6-2-3-8(14)7-15/h1,4-5,8,15-16H,2-3,6-7H2;1,4-5,8,15-16H,2-3,6-7,13H2/t2*8-/m11/s1. The smallest absolute Gasteiger partial charge is 0.311 e. The summed E-state index contributed by atoms with van der Waals surface area (Å²) in [7, 11) is 0. The lowest BCUT2D eigenvalue weighted by Gasteiger charge is -2.23. The molecule has 0 radical (unpaired) electrons. The topological polar surface area (TPSA) is 191 Å². The van der Waals surface area contributed by atoms with Crippen LogP contribution in [-0.4, -0.2) is 85.4 Å². The van der Waals surface area contributed by atoms with Crippen molar-refractivity contribution in [3.05, 3.63) is 57.6 Å². The molecule has 12 heteroatoms. The zero-order chi connectivity index (χ0) is 26.4. The molecule has 2 aromatic rings. The Kier molecular flexibility index (Phi) is 8.67. The van der Waals surface area contributed by atoms with Gasteiger partial charge in [0.15, 0.2) is 5.75 Å². The lowest BCUT2D eigenvalue weighted by atomic mass is 10.1. The largest absolute Gasteiger partial charge is 0.505 e. The van der Waals surface area contributed by atoms with Crippen LogP contribution in [0.1, 0.15) is 46.4 Å². The van der Waals surface area contributed by atoms with Gasteiger partial charge in [0, 0.05) is 19.2 Å². The van der Waals surface area contributed by atoms with Gasteiger partial charge in [0.1, 0.15) is 0 Å². The Morgan fingerprint density at radius 3 is 1.83 bits per heavy atom. The fourth-order valence-electron chi connectivity index (χ4n) is 4.48. The first-order valence-electron chi connectivity index (χ1n) is 11.6. The highest BCUT2D eigenvalue weighted by atomic mass is 16.6. The minimum Gasteiger partial charge on any atom is -0.505 e. The number of anilines is 1. The molecule has 0 aliphatic carbocycles. The molecule has 2 aliphatic rings. The third-order valence-corrected chi connectivity index (χ3v) is 6.44. The van der Waals surface area contributed by atoms with Crippen molar-refractivity contribution in [2.45, 2.75) is 37.8 Å². The number of aliphatic hydroxyl groups excluding tert-OH is 2. The number of nitrogen functional groups attached to an aromatic ring is 1. The number of amides is 2. The van der Waals surface area contributed by atoms with Crippen LogP contribution in [0.4, 0.5) is 11.4 Å². The highest BCUT2D eigenvalue weighted by molar-refractivity contribution is 5.99. The maximum atomic E-state index is 12.2. The normalized spacial score (nSPS) is 19.1. The molecule has 2 heterocycles. The van der Waals surface area contributed by atoms with Crippen LogP contribution in [0.25, 0.3) is 0 Å². The predicted molar refractivity (Wildman–Crippen MR) is 130 cm³/mol. The molecular formula is C24H30N4O8. The van der Waals surface area contributed by atoms with E-state index in [1.165, 1.54) is 17.0 Å². The third-order valence-electron chi connectivity index (χ3n) is 6.44. The van der Waals surface area contributed by atoms with Gasteiger partial charge >= 0.3 is 5.69 Å². The number of benzene rings is 2. The van der Waals surface area contributed by atoms with Gasteiger partial charge in [-0.05, 0) is 43.9 Å². The van der Waals surface area contributed by atoms with Crippen LogP contribution in [0.2, 0.25) is 0 Å². The molecule has 194 valence electrons. The minimum atomic E-state index is -0.736. The van der Waals surface area contributed by atoms with E-state index in [4.69, 9.17) is 5.73 Å². The fraction of sp³-hybridized carbons (Fsp3) is 0.417. The molecule has 2 aliphatic heterocycles. The number of likely N-dealkylation sites (tertiary alicyclic amines) is 2. The quantitative estimate of drug-likeness (QED) is 0.174. The van der Waals surface area contributed by atoms with Crippen LogP contribution in [0.5, 0.6) is 11.5 Å². The highest BCUT2D eigenvalue weighted by Gasteiger charge is 2.32. The number of aromatic hydroxyl groups is 2. The second kappa shape index (κ2) is 11.7. The molecule has 2 amide bonds. The van der Waals surface area contributed by atoms with Crippen LogP contribution in [0.15, 0.2) is 36.4 Å². The van der Waals surface area contributed by atoms with Gasteiger partial charge in [0.2, 0.25) is 5.75 Å². The van der Waals surface area contributed by atoms with Crippen LogP contribution in [-0.2, 0) is 0 Å². The Hall–Kier alpha value is -3.90. The summed E-state index contributed by atoms with van der Waals surface area (Å²) in [4.78, 5) is 37.5. The number of hydrogen-bond acceptors (Lipinski definition) is 9. The van der Waals surface area contributed by atoms with E-state index in [1.54, 1.807) is 23.1 Å². The SMILES string of the molecule is Nc1cccc(C(=O)N2CCC[C@@H]2CO)c1O.O=C(c1cccc([N+](=O)[O-])c1O)N1CCC[C@@H]1CO. The molecule has 0 unspecified atom stereocenters. The summed E-state index contributed by atoms with van der Waals surface area (Å²) in [6, 6.07) is 8.12. The van der Waals surface area contributed by atoms with Crippen molar-refractivity contribution in [3.8, 4) is 11.5 Å². The number of nitro benzene ring substituents is 1. The predicted octanol–water partition coefficient (Wildman–Crippen LogP) is 1.47. The first kappa shape index (κ1) is 26.7. The van der Waals surface area contributed by atoms with Gasteiger partial charge in [-0.15, -0.1) is 0 Å². The summed E-state index contributed by atoms with van der Waals surface area (Å²) in [6.45, 7) is 0.890. The number of nitro groups is 1. The maximum Gasteiger partial charge on any atom is 0.311 e. The molecule has 2 aromatic carbocycles. The number of carbonyl (C=O) groups excluding carboxylic acids is 2. The van der Waals surface area contributed by atoms with E-state index in [1.807, 2.05) is 0 Å². The summed E-state index contributed by atoms with van der Waals surface area (Å²) in [6.07, 6.45) is 3.13. The fourth-order valence-corrected chi connectivity index (χ4v) is 4.48. The molecule has 0 aromatic heterocycles. The number of para-hydroxylation sites is 2. The molecule has 2 atom stereocenters. The van der Waals surface area contributed by atoms with E-state index < -0.39 is 22.3 Å². The Bertz CT molecular complexity index is 1130. The number of nitrogens with zero attached hydrogens (tertiary/aromatic N) is 3. The van der Waals surface area contributed by atoms with Gasteiger partial charge in [0.25, 0.3) is 11.8 Å². The maximum absolute atomic E-state index is 12.2. The van der Waals surface area contributed by atoms with Gasteiger partial charge in [-0.3, -0.25) is 19.7 Å². The molecule has 4 rings (SSSR count). The van der Waals surface area contributed by atoms with E-state index >= 15 is 0 Å². The van der Waals surface area contributed by atoms with Crippen molar-refractivity contribution < 1.29 is 34.9 Å². The van der Waals surface area contributed by atoms with Crippen LogP contribution >= 0.6 is 0 Å². The molecule has 36 heavy (non-hydrogen) atoms. The van der Waals surface area contributed by atoms with E-state index in [0.717, 1.165) is 25.3 Å². The summed E-state index contributed by atoms with van der Waals surface area (Å²) >= 11 is 0. The van der Waals surface area contributed by atoms with Gasteiger partial charge in [-0.2, -0.15) is 0 Å². The Labute approximate surface area is 207 Å². The molecule has 2 fully saturated rings. The average Bonchev–Trinajstić information content (AvgIpc) is 3.54. The Morgan fingerprint density at radius 1 is 0.889 bits per heavy atom. The van der Waals surface area contributed by atoms with Gasteiger partial charge in [-0.25, -0.2) is 0 Å². The molecule has 6 N–H and O–H groups in total. The van der Waals surface area contributed by atoms with Crippen LogP contribution < -0.4 is 5.73 Å².